The second-order valence-electron chi connectivity index (χ2n) is 4.17. The zero-order chi connectivity index (χ0) is 11.5. The van der Waals surface area contributed by atoms with Crippen LogP contribution in [-0.2, 0) is 0 Å². The Bertz CT molecular complexity index is 392. The summed E-state index contributed by atoms with van der Waals surface area (Å²) in [7, 11) is 0. The maximum Gasteiger partial charge on any atom is 0.255 e. The van der Waals surface area contributed by atoms with Crippen LogP contribution >= 0.6 is 0 Å². The topological polar surface area (TPSA) is 59.2 Å². The van der Waals surface area contributed by atoms with Gasteiger partial charge in [-0.1, -0.05) is 0 Å². The first-order valence-corrected chi connectivity index (χ1v) is 5.66. The number of hydrogen-bond acceptors (Lipinski definition) is 3. The maximum absolute atomic E-state index is 12.3. The quantitative estimate of drug-likeness (QED) is 0.805. The molecule has 2 heterocycles. The van der Waals surface area contributed by atoms with Crippen molar-refractivity contribution in [2.45, 2.75) is 25.8 Å². The first-order valence-electron chi connectivity index (χ1n) is 5.66. The lowest BCUT2D eigenvalue weighted by atomic mass is 10.1. The van der Waals surface area contributed by atoms with Crippen LogP contribution in [0.3, 0.4) is 0 Å². The Kier molecular flexibility index (Phi) is 3.19. The van der Waals surface area contributed by atoms with Crippen molar-refractivity contribution in [3.63, 3.8) is 0 Å². The van der Waals surface area contributed by atoms with Crippen LogP contribution in [0.4, 0.5) is 0 Å². The zero-order valence-corrected chi connectivity index (χ0v) is 9.52. The van der Waals surface area contributed by atoms with E-state index in [1.54, 1.807) is 12.3 Å². The SMILES string of the molecule is Cc1ncccc1C(=O)N1CCCC1CN. The van der Waals surface area contributed by atoms with Crippen molar-refractivity contribution >= 4 is 5.91 Å². The molecule has 1 saturated heterocycles. The molecule has 0 aliphatic carbocycles. The number of amides is 1. The lowest BCUT2D eigenvalue weighted by Gasteiger charge is -2.23. The van der Waals surface area contributed by atoms with Gasteiger partial charge in [0, 0.05) is 31.0 Å². The molecule has 1 atom stereocenters. The van der Waals surface area contributed by atoms with E-state index < -0.39 is 0 Å². The van der Waals surface area contributed by atoms with E-state index in [9.17, 15) is 4.79 Å². The van der Waals surface area contributed by atoms with E-state index in [1.165, 1.54) is 0 Å². The number of aryl methyl sites for hydroxylation is 1. The highest BCUT2D eigenvalue weighted by Crippen LogP contribution is 2.19. The fraction of sp³-hybridized carbons (Fsp3) is 0.500. The molecule has 1 aliphatic rings. The largest absolute Gasteiger partial charge is 0.334 e. The summed E-state index contributed by atoms with van der Waals surface area (Å²) in [6, 6.07) is 3.83. The van der Waals surface area contributed by atoms with Gasteiger partial charge in [-0.15, -0.1) is 0 Å². The molecule has 1 aromatic heterocycles. The van der Waals surface area contributed by atoms with E-state index in [-0.39, 0.29) is 11.9 Å². The van der Waals surface area contributed by atoms with Gasteiger partial charge < -0.3 is 10.6 Å². The summed E-state index contributed by atoms with van der Waals surface area (Å²) in [5.41, 5.74) is 7.15. The van der Waals surface area contributed by atoms with Gasteiger partial charge in [0.1, 0.15) is 0 Å². The fourth-order valence-electron chi connectivity index (χ4n) is 2.21. The van der Waals surface area contributed by atoms with Gasteiger partial charge >= 0.3 is 0 Å². The second-order valence-corrected chi connectivity index (χ2v) is 4.17. The molecular formula is C12H17N3O. The molecule has 1 aliphatic heterocycles. The maximum atomic E-state index is 12.3. The third kappa shape index (κ3) is 1.93. The Morgan fingerprint density at radius 1 is 1.69 bits per heavy atom. The number of carbonyl (C=O) groups is 1. The average Bonchev–Trinajstić information content (AvgIpc) is 2.77. The Balaban J connectivity index is 2.22. The van der Waals surface area contributed by atoms with Gasteiger partial charge in [-0.25, -0.2) is 0 Å². The number of hydrogen-bond donors (Lipinski definition) is 1. The first kappa shape index (κ1) is 11.1. The summed E-state index contributed by atoms with van der Waals surface area (Å²) in [6.07, 6.45) is 3.77. The van der Waals surface area contributed by atoms with E-state index in [0.717, 1.165) is 25.1 Å². The van der Waals surface area contributed by atoms with Crippen LogP contribution in [0.2, 0.25) is 0 Å². The van der Waals surface area contributed by atoms with Crippen LogP contribution in [0.5, 0.6) is 0 Å². The van der Waals surface area contributed by atoms with Crippen LogP contribution in [-0.4, -0.2) is 34.9 Å². The summed E-state index contributed by atoms with van der Waals surface area (Å²) in [4.78, 5) is 18.3. The van der Waals surface area contributed by atoms with E-state index in [1.807, 2.05) is 17.9 Å². The lowest BCUT2D eigenvalue weighted by molar-refractivity contribution is 0.0740. The van der Waals surface area contributed by atoms with Crippen molar-refractivity contribution in [3.8, 4) is 0 Å². The Hall–Kier alpha value is -1.42. The summed E-state index contributed by atoms with van der Waals surface area (Å²) >= 11 is 0. The molecule has 1 amide bonds. The van der Waals surface area contributed by atoms with Gasteiger partial charge in [-0.3, -0.25) is 9.78 Å². The first-order chi connectivity index (χ1) is 7.74. The van der Waals surface area contributed by atoms with Crippen molar-refractivity contribution in [3.05, 3.63) is 29.6 Å². The van der Waals surface area contributed by atoms with Crippen LogP contribution in [0.15, 0.2) is 18.3 Å². The summed E-state index contributed by atoms with van der Waals surface area (Å²) in [5, 5.41) is 0. The number of nitrogens with zero attached hydrogens (tertiary/aromatic N) is 2. The molecule has 4 nitrogen and oxygen atoms in total. The molecule has 0 aromatic carbocycles. The van der Waals surface area contributed by atoms with Gasteiger partial charge in [0.05, 0.1) is 5.56 Å². The summed E-state index contributed by atoms with van der Waals surface area (Å²) in [6.45, 7) is 3.22. The molecular weight excluding hydrogens is 202 g/mol. The average molecular weight is 219 g/mol. The third-order valence-corrected chi connectivity index (χ3v) is 3.15. The predicted molar refractivity (Wildman–Crippen MR) is 62.1 cm³/mol. The third-order valence-electron chi connectivity index (χ3n) is 3.15. The van der Waals surface area contributed by atoms with Gasteiger partial charge in [0.25, 0.3) is 5.91 Å². The lowest BCUT2D eigenvalue weighted by Crippen LogP contribution is -2.40. The van der Waals surface area contributed by atoms with Crippen molar-refractivity contribution in [2.75, 3.05) is 13.1 Å². The summed E-state index contributed by atoms with van der Waals surface area (Å²) in [5.74, 6) is 0.0681. The number of aromatic nitrogens is 1. The molecule has 0 spiro atoms. The fourth-order valence-corrected chi connectivity index (χ4v) is 2.21. The van der Waals surface area contributed by atoms with Crippen LogP contribution in [0.1, 0.15) is 28.9 Å². The number of nitrogens with two attached hydrogens (primary N) is 1. The van der Waals surface area contributed by atoms with E-state index >= 15 is 0 Å². The van der Waals surface area contributed by atoms with Crippen molar-refractivity contribution in [2.24, 2.45) is 5.73 Å². The molecule has 86 valence electrons. The van der Waals surface area contributed by atoms with E-state index in [4.69, 9.17) is 5.73 Å². The number of rotatable bonds is 2. The molecule has 2 N–H and O–H groups in total. The van der Waals surface area contributed by atoms with Gasteiger partial charge in [0.15, 0.2) is 0 Å². The minimum absolute atomic E-state index is 0.0681. The minimum atomic E-state index is 0.0681. The highest BCUT2D eigenvalue weighted by Gasteiger charge is 2.28. The second kappa shape index (κ2) is 4.61. The normalized spacial score (nSPS) is 20.1. The minimum Gasteiger partial charge on any atom is -0.334 e. The smallest absolute Gasteiger partial charge is 0.255 e. The van der Waals surface area contributed by atoms with Gasteiger partial charge in [0.2, 0.25) is 0 Å². The van der Waals surface area contributed by atoms with Gasteiger partial charge in [-0.2, -0.15) is 0 Å². The number of carbonyl (C=O) groups excluding carboxylic acids is 1. The van der Waals surface area contributed by atoms with Gasteiger partial charge in [-0.05, 0) is 31.9 Å². The van der Waals surface area contributed by atoms with Crippen molar-refractivity contribution in [1.29, 1.82) is 0 Å². The van der Waals surface area contributed by atoms with E-state index in [0.29, 0.717) is 12.1 Å². The van der Waals surface area contributed by atoms with Crippen LogP contribution in [0.25, 0.3) is 0 Å². The molecule has 0 radical (unpaired) electrons. The number of pyridine rings is 1. The Morgan fingerprint density at radius 2 is 2.50 bits per heavy atom. The molecule has 1 unspecified atom stereocenters. The molecule has 16 heavy (non-hydrogen) atoms. The Labute approximate surface area is 95.5 Å². The van der Waals surface area contributed by atoms with Crippen LogP contribution in [0, 0.1) is 6.92 Å². The predicted octanol–water partition coefficient (Wildman–Crippen LogP) is 0.953. The van der Waals surface area contributed by atoms with Crippen molar-refractivity contribution in [1.82, 2.24) is 9.88 Å². The molecule has 2 rings (SSSR count). The zero-order valence-electron chi connectivity index (χ0n) is 9.52. The van der Waals surface area contributed by atoms with Crippen LogP contribution < -0.4 is 5.73 Å². The summed E-state index contributed by atoms with van der Waals surface area (Å²) < 4.78 is 0. The van der Waals surface area contributed by atoms with Crippen molar-refractivity contribution < 1.29 is 4.79 Å². The monoisotopic (exact) mass is 219 g/mol. The molecule has 4 heteroatoms. The molecule has 0 bridgehead atoms. The standard InChI is InChI=1S/C12H17N3O/c1-9-11(5-2-6-14-9)12(16)15-7-3-4-10(15)8-13/h2,5-6,10H,3-4,7-8,13H2,1H3. The highest BCUT2D eigenvalue weighted by molar-refractivity contribution is 5.95. The van der Waals surface area contributed by atoms with E-state index in [2.05, 4.69) is 4.98 Å². The number of likely N-dealkylation sites (tertiary alicyclic amines) is 1. The molecule has 1 fully saturated rings. The molecule has 0 saturated carbocycles. The highest BCUT2D eigenvalue weighted by atomic mass is 16.2. The molecule has 1 aromatic rings. The Morgan fingerprint density at radius 3 is 3.19 bits per heavy atom.